The number of ether oxygens (including phenoxy) is 1. The minimum absolute atomic E-state index is 0.359. The predicted molar refractivity (Wildman–Crippen MR) is 94.7 cm³/mol. The molecular formula is C20H18N2O2. The van der Waals surface area contributed by atoms with Gasteiger partial charge in [0.25, 0.3) is 0 Å². The van der Waals surface area contributed by atoms with E-state index in [9.17, 15) is 4.79 Å². The van der Waals surface area contributed by atoms with Crippen LogP contribution in [0.15, 0.2) is 67.0 Å². The molecule has 0 saturated heterocycles. The Labute approximate surface area is 140 Å². The van der Waals surface area contributed by atoms with Crippen LogP contribution in [0.3, 0.4) is 0 Å². The molecule has 24 heavy (non-hydrogen) atoms. The van der Waals surface area contributed by atoms with Crippen molar-refractivity contribution in [3.05, 3.63) is 83.7 Å². The van der Waals surface area contributed by atoms with Crippen molar-refractivity contribution in [3.63, 3.8) is 0 Å². The maximum atomic E-state index is 11.7. The smallest absolute Gasteiger partial charge is 0.337 e. The lowest BCUT2D eigenvalue weighted by Crippen LogP contribution is -2.01. The fourth-order valence-electron chi connectivity index (χ4n) is 2.63. The molecule has 0 spiro atoms. The molecule has 0 unspecified atom stereocenters. The Bertz CT molecular complexity index is 861. The topological polar surface area (TPSA) is 65.2 Å². The molecule has 0 atom stereocenters. The van der Waals surface area contributed by atoms with Crippen LogP contribution in [0.1, 0.15) is 21.5 Å². The molecule has 120 valence electrons. The number of aromatic nitrogens is 1. The molecule has 0 fully saturated rings. The van der Waals surface area contributed by atoms with Gasteiger partial charge in [-0.25, -0.2) is 4.79 Å². The van der Waals surface area contributed by atoms with E-state index in [2.05, 4.69) is 11.1 Å². The zero-order valence-corrected chi connectivity index (χ0v) is 13.4. The largest absolute Gasteiger partial charge is 0.465 e. The first-order chi connectivity index (χ1) is 11.7. The third kappa shape index (κ3) is 3.43. The molecule has 0 saturated carbocycles. The number of carbonyl (C=O) groups excluding carboxylic acids is 1. The van der Waals surface area contributed by atoms with Crippen molar-refractivity contribution in [2.24, 2.45) is 0 Å². The molecular weight excluding hydrogens is 300 g/mol. The van der Waals surface area contributed by atoms with Gasteiger partial charge in [-0.2, -0.15) is 0 Å². The van der Waals surface area contributed by atoms with Gasteiger partial charge in [0.15, 0.2) is 0 Å². The zero-order valence-electron chi connectivity index (χ0n) is 13.4. The van der Waals surface area contributed by atoms with Gasteiger partial charge in [-0.3, -0.25) is 4.98 Å². The molecule has 2 N–H and O–H groups in total. The number of anilines is 1. The van der Waals surface area contributed by atoms with Crippen LogP contribution in [0.25, 0.3) is 11.1 Å². The summed E-state index contributed by atoms with van der Waals surface area (Å²) in [6.45, 7) is 0. The van der Waals surface area contributed by atoms with E-state index in [0.29, 0.717) is 11.3 Å². The monoisotopic (exact) mass is 318 g/mol. The first-order valence-electron chi connectivity index (χ1n) is 7.63. The van der Waals surface area contributed by atoms with Crippen LogP contribution in [0.4, 0.5) is 5.69 Å². The van der Waals surface area contributed by atoms with Crippen LogP contribution in [-0.4, -0.2) is 18.1 Å². The van der Waals surface area contributed by atoms with Gasteiger partial charge in [0.1, 0.15) is 0 Å². The molecule has 3 aromatic rings. The predicted octanol–water partition coefficient (Wildman–Crippen LogP) is 3.71. The molecule has 0 aliphatic rings. The van der Waals surface area contributed by atoms with E-state index in [0.717, 1.165) is 28.7 Å². The highest BCUT2D eigenvalue weighted by molar-refractivity contribution is 5.91. The van der Waals surface area contributed by atoms with E-state index in [4.69, 9.17) is 10.5 Å². The Morgan fingerprint density at radius 2 is 1.96 bits per heavy atom. The van der Waals surface area contributed by atoms with Crippen molar-refractivity contribution in [1.29, 1.82) is 0 Å². The summed E-state index contributed by atoms with van der Waals surface area (Å²) in [7, 11) is 1.37. The summed E-state index contributed by atoms with van der Waals surface area (Å²) in [6, 6.07) is 17.2. The molecule has 0 amide bonds. The number of pyridine rings is 1. The number of nitrogens with two attached hydrogens (primary N) is 1. The first-order valence-corrected chi connectivity index (χ1v) is 7.63. The fourth-order valence-corrected chi connectivity index (χ4v) is 2.63. The number of nitrogen functional groups attached to an aromatic ring is 1. The first kappa shape index (κ1) is 15.7. The summed E-state index contributed by atoms with van der Waals surface area (Å²) < 4.78 is 4.78. The summed E-state index contributed by atoms with van der Waals surface area (Å²) in [5.41, 5.74) is 11.4. The van der Waals surface area contributed by atoms with Crippen molar-refractivity contribution >= 4 is 11.7 Å². The highest BCUT2D eigenvalue weighted by Gasteiger charge is 2.09. The molecule has 3 rings (SSSR count). The van der Waals surface area contributed by atoms with Crippen LogP contribution in [0.2, 0.25) is 0 Å². The number of carbonyl (C=O) groups is 1. The number of rotatable bonds is 4. The molecule has 0 aliphatic carbocycles. The molecule has 0 radical (unpaired) electrons. The summed E-state index contributed by atoms with van der Waals surface area (Å²) >= 11 is 0. The lowest BCUT2D eigenvalue weighted by molar-refractivity contribution is 0.0601. The highest BCUT2D eigenvalue weighted by Crippen LogP contribution is 2.28. The number of esters is 1. The van der Waals surface area contributed by atoms with Gasteiger partial charge < -0.3 is 10.5 Å². The van der Waals surface area contributed by atoms with Crippen LogP contribution in [0, 0.1) is 0 Å². The third-order valence-corrected chi connectivity index (χ3v) is 3.84. The third-order valence-electron chi connectivity index (χ3n) is 3.84. The minimum atomic E-state index is -0.359. The van der Waals surface area contributed by atoms with E-state index in [1.54, 1.807) is 18.3 Å². The van der Waals surface area contributed by atoms with Gasteiger partial charge in [-0.15, -0.1) is 0 Å². The van der Waals surface area contributed by atoms with E-state index in [-0.39, 0.29) is 5.97 Å². The van der Waals surface area contributed by atoms with Gasteiger partial charge in [0.2, 0.25) is 0 Å². The number of benzene rings is 2. The zero-order chi connectivity index (χ0) is 16.9. The lowest BCUT2D eigenvalue weighted by Gasteiger charge is -2.10. The molecule has 1 heterocycles. The Balaban J connectivity index is 1.96. The Kier molecular flexibility index (Phi) is 4.57. The van der Waals surface area contributed by atoms with Gasteiger partial charge >= 0.3 is 5.97 Å². The molecule has 1 aromatic heterocycles. The molecule has 0 bridgehead atoms. The van der Waals surface area contributed by atoms with Gasteiger partial charge in [0, 0.05) is 23.6 Å². The van der Waals surface area contributed by atoms with E-state index >= 15 is 0 Å². The average Bonchev–Trinajstić information content (AvgIpc) is 2.63. The second kappa shape index (κ2) is 6.96. The Morgan fingerprint density at radius 1 is 1.08 bits per heavy atom. The van der Waals surface area contributed by atoms with Crippen molar-refractivity contribution in [1.82, 2.24) is 4.98 Å². The molecule has 2 aromatic carbocycles. The van der Waals surface area contributed by atoms with E-state index in [1.807, 2.05) is 42.6 Å². The van der Waals surface area contributed by atoms with E-state index in [1.165, 1.54) is 7.11 Å². The quantitative estimate of drug-likeness (QED) is 0.588. The standard InChI is InChI=1S/C20H18N2O2/c1-24-20(23)17-6-2-5-16(12-17)18-11-14(7-8-19(18)21)10-15-4-3-9-22-13-15/h2-9,11-13H,10,21H2,1H3. The average molecular weight is 318 g/mol. The van der Waals surface area contributed by atoms with E-state index < -0.39 is 0 Å². The van der Waals surface area contributed by atoms with Crippen molar-refractivity contribution in [3.8, 4) is 11.1 Å². The maximum absolute atomic E-state index is 11.7. The van der Waals surface area contributed by atoms with Crippen LogP contribution in [0.5, 0.6) is 0 Å². The lowest BCUT2D eigenvalue weighted by atomic mass is 9.97. The minimum Gasteiger partial charge on any atom is -0.465 e. The fraction of sp³-hybridized carbons (Fsp3) is 0.100. The molecule has 0 aliphatic heterocycles. The summed E-state index contributed by atoms with van der Waals surface area (Å²) in [5.74, 6) is -0.359. The van der Waals surface area contributed by atoms with Crippen molar-refractivity contribution < 1.29 is 9.53 Å². The van der Waals surface area contributed by atoms with Crippen LogP contribution in [-0.2, 0) is 11.2 Å². The molecule has 4 heteroatoms. The second-order valence-corrected chi connectivity index (χ2v) is 5.53. The summed E-state index contributed by atoms with van der Waals surface area (Å²) in [5, 5.41) is 0. The highest BCUT2D eigenvalue weighted by atomic mass is 16.5. The van der Waals surface area contributed by atoms with Crippen molar-refractivity contribution in [2.45, 2.75) is 6.42 Å². The number of hydrogen-bond acceptors (Lipinski definition) is 4. The summed E-state index contributed by atoms with van der Waals surface area (Å²) in [4.78, 5) is 15.9. The van der Waals surface area contributed by atoms with Crippen LogP contribution >= 0.6 is 0 Å². The van der Waals surface area contributed by atoms with Gasteiger partial charge in [0.05, 0.1) is 12.7 Å². The summed E-state index contributed by atoms with van der Waals surface area (Å²) in [6.07, 6.45) is 4.39. The molecule has 4 nitrogen and oxygen atoms in total. The maximum Gasteiger partial charge on any atom is 0.337 e. The number of hydrogen-bond donors (Lipinski definition) is 1. The number of methoxy groups -OCH3 is 1. The Hall–Kier alpha value is -3.14. The van der Waals surface area contributed by atoms with Crippen LogP contribution < -0.4 is 5.73 Å². The normalized spacial score (nSPS) is 10.4. The number of nitrogens with zero attached hydrogens (tertiary/aromatic N) is 1. The Morgan fingerprint density at radius 3 is 2.71 bits per heavy atom. The van der Waals surface area contributed by atoms with Crippen molar-refractivity contribution in [2.75, 3.05) is 12.8 Å². The second-order valence-electron chi connectivity index (χ2n) is 5.53. The SMILES string of the molecule is COC(=O)c1cccc(-c2cc(Cc3cccnc3)ccc2N)c1. The van der Waals surface area contributed by atoms with Gasteiger partial charge in [-0.1, -0.05) is 24.3 Å². The van der Waals surface area contributed by atoms with Gasteiger partial charge in [-0.05, 0) is 53.4 Å².